The van der Waals surface area contributed by atoms with E-state index in [1.807, 2.05) is 0 Å². The molecule has 0 radical (unpaired) electrons. The molecule has 0 aromatic heterocycles. The van der Waals surface area contributed by atoms with Crippen LogP contribution >= 0.6 is 12.6 Å². The maximum absolute atomic E-state index is 12.5. The number of ether oxygens (including phenoxy) is 2. The minimum Gasteiger partial charge on any atom is -0.478 e. The smallest absolute Gasteiger partial charge is 0.347 e. The van der Waals surface area contributed by atoms with Crippen molar-refractivity contribution in [1.29, 1.82) is 0 Å². The fourth-order valence-corrected chi connectivity index (χ4v) is 2.46. The van der Waals surface area contributed by atoms with Crippen molar-refractivity contribution in [3.05, 3.63) is 59.7 Å². The van der Waals surface area contributed by atoms with Crippen LogP contribution in [-0.2, 0) is 9.59 Å². The Morgan fingerprint density at radius 1 is 0.964 bits per heavy atom. The first-order valence-corrected chi connectivity index (χ1v) is 8.70. The average molecular weight is 403 g/mol. The zero-order valence-electron chi connectivity index (χ0n) is 14.7. The lowest BCUT2D eigenvalue weighted by Gasteiger charge is -2.16. The number of aromatic carboxylic acids is 1. The lowest BCUT2D eigenvalue weighted by atomic mass is 10.2. The molecule has 0 spiro atoms. The summed E-state index contributed by atoms with van der Waals surface area (Å²) in [4.78, 5) is 47.2. The topological polar surface area (TPSA) is 119 Å². The number of hydrogen-bond acceptors (Lipinski definition) is 7. The number of carboxylic acids is 1. The van der Waals surface area contributed by atoms with Crippen LogP contribution < -0.4 is 14.8 Å². The Kier molecular flexibility index (Phi) is 7.16. The number of hydrogen-bond donors (Lipinski definition) is 3. The summed E-state index contributed by atoms with van der Waals surface area (Å²) in [5, 5.41) is 11.6. The second-order valence-corrected chi connectivity index (χ2v) is 5.91. The highest BCUT2D eigenvalue weighted by Gasteiger charge is 2.24. The lowest BCUT2D eigenvalue weighted by molar-refractivity contribution is -0.138. The summed E-state index contributed by atoms with van der Waals surface area (Å²) in [6, 6.07) is 10.5. The van der Waals surface area contributed by atoms with Gasteiger partial charge < -0.3 is 19.9 Å². The molecule has 2 aromatic rings. The summed E-state index contributed by atoms with van der Waals surface area (Å²) in [6.45, 7) is 1.24. The summed E-state index contributed by atoms with van der Waals surface area (Å²) in [5.41, 5.74) is -0.275. The molecule has 0 saturated heterocycles. The molecule has 28 heavy (non-hydrogen) atoms. The lowest BCUT2D eigenvalue weighted by Crippen LogP contribution is -2.43. The second kappa shape index (κ2) is 9.56. The molecule has 1 amide bonds. The van der Waals surface area contributed by atoms with Gasteiger partial charge in [0.1, 0.15) is 28.7 Å². The van der Waals surface area contributed by atoms with Gasteiger partial charge in [-0.05, 0) is 24.3 Å². The predicted molar refractivity (Wildman–Crippen MR) is 102 cm³/mol. The zero-order valence-corrected chi connectivity index (χ0v) is 15.6. The monoisotopic (exact) mass is 403 g/mol. The molecule has 2 N–H and O–H groups in total. The highest BCUT2D eigenvalue weighted by atomic mass is 32.1. The van der Waals surface area contributed by atoms with E-state index in [9.17, 15) is 24.3 Å². The van der Waals surface area contributed by atoms with Gasteiger partial charge in [-0.25, -0.2) is 14.4 Å². The van der Waals surface area contributed by atoms with Crippen LogP contribution in [0.25, 0.3) is 0 Å². The van der Waals surface area contributed by atoms with Crippen molar-refractivity contribution in [3.63, 3.8) is 0 Å². The van der Waals surface area contributed by atoms with E-state index in [1.165, 1.54) is 49.4 Å². The van der Waals surface area contributed by atoms with Crippen molar-refractivity contribution in [3.8, 4) is 11.5 Å². The number of carbonyl (C=O) groups excluding carboxylic acids is 3. The molecule has 0 aliphatic carbocycles. The molecule has 2 rings (SSSR count). The van der Waals surface area contributed by atoms with Crippen molar-refractivity contribution in [1.82, 2.24) is 5.32 Å². The van der Waals surface area contributed by atoms with Gasteiger partial charge in [-0.3, -0.25) is 4.79 Å². The summed E-state index contributed by atoms with van der Waals surface area (Å²) in [5.74, 6) is -3.65. The van der Waals surface area contributed by atoms with Gasteiger partial charge >= 0.3 is 17.9 Å². The third-order valence-corrected chi connectivity index (χ3v) is 3.85. The molecular weight excluding hydrogens is 386 g/mol. The minimum atomic E-state index is -1.25. The van der Waals surface area contributed by atoms with E-state index in [0.717, 1.165) is 0 Å². The number of carboxylic acid groups (broad SMARTS) is 1. The Labute approximate surface area is 165 Å². The van der Waals surface area contributed by atoms with E-state index >= 15 is 0 Å². The Morgan fingerprint density at radius 2 is 1.50 bits per heavy atom. The van der Waals surface area contributed by atoms with Crippen LogP contribution in [0.5, 0.6) is 11.5 Å². The maximum atomic E-state index is 12.5. The fourth-order valence-electron chi connectivity index (χ4n) is 2.22. The third kappa shape index (κ3) is 5.34. The van der Waals surface area contributed by atoms with E-state index in [1.54, 1.807) is 6.07 Å². The Bertz CT molecular complexity index is 913. The number of esters is 2. The number of carbonyl (C=O) groups is 4. The largest absolute Gasteiger partial charge is 0.478 e. The number of rotatable bonds is 7. The first kappa shape index (κ1) is 21.0. The van der Waals surface area contributed by atoms with E-state index in [-0.39, 0.29) is 28.4 Å². The Balaban J connectivity index is 2.24. The quantitative estimate of drug-likeness (QED) is 0.367. The van der Waals surface area contributed by atoms with Gasteiger partial charge in [0.05, 0.1) is 0 Å². The van der Waals surface area contributed by atoms with Crippen LogP contribution in [0.1, 0.15) is 27.6 Å². The molecule has 1 unspecified atom stereocenters. The van der Waals surface area contributed by atoms with Crippen molar-refractivity contribution < 1.29 is 33.8 Å². The number of amides is 1. The summed E-state index contributed by atoms with van der Waals surface area (Å²) < 4.78 is 10.4. The summed E-state index contributed by atoms with van der Waals surface area (Å²) >= 11 is 4.00. The highest BCUT2D eigenvalue weighted by Crippen LogP contribution is 2.23. The molecule has 8 nitrogen and oxygen atoms in total. The van der Waals surface area contributed by atoms with Crippen molar-refractivity contribution >= 4 is 36.4 Å². The Hall–Kier alpha value is -3.33. The summed E-state index contributed by atoms with van der Waals surface area (Å²) in [7, 11) is 0. The highest BCUT2D eigenvalue weighted by molar-refractivity contribution is 7.80. The van der Waals surface area contributed by atoms with Crippen LogP contribution in [0.2, 0.25) is 0 Å². The SMILES string of the molecule is CC(=O)NC(CS)C(=O)Oc1ccccc1C(=O)Oc1ccccc1C(=O)O. The number of para-hydroxylation sites is 2. The zero-order chi connectivity index (χ0) is 20.7. The molecular formula is C19H17NO7S. The molecule has 146 valence electrons. The van der Waals surface area contributed by atoms with Crippen LogP contribution in [0.3, 0.4) is 0 Å². The van der Waals surface area contributed by atoms with Gasteiger partial charge in [0.25, 0.3) is 0 Å². The normalized spacial score (nSPS) is 11.2. The van der Waals surface area contributed by atoms with Crippen molar-refractivity contribution in [2.24, 2.45) is 0 Å². The standard InChI is InChI=1S/C19H17NO7S/c1-11(21)20-14(10-28)19(25)27-16-9-5-3-7-13(16)18(24)26-15-8-4-2-6-12(15)17(22)23/h2-9,14,28H,10H2,1H3,(H,20,21)(H,22,23). The van der Waals surface area contributed by atoms with Crippen LogP contribution in [-0.4, -0.2) is 40.7 Å². The third-order valence-electron chi connectivity index (χ3n) is 3.48. The number of nitrogens with one attached hydrogen (secondary N) is 1. The number of thiol groups is 1. The predicted octanol–water partition coefficient (Wildman–Crippen LogP) is 1.94. The average Bonchev–Trinajstić information content (AvgIpc) is 2.66. The first-order valence-electron chi connectivity index (χ1n) is 8.06. The Morgan fingerprint density at radius 3 is 2.04 bits per heavy atom. The van der Waals surface area contributed by atoms with E-state index in [4.69, 9.17) is 9.47 Å². The van der Waals surface area contributed by atoms with Crippen molar-refractivity contribution in [2.75, 3.05) is 5.75 Å². The molecule has 9 heteroatoms. The van der Waals surface area contributed by atoms with Gasteiger partial charge in [-0.15, -0.1) is 0 Å². The van der Waals surface area contributed by atoms with Gasteiger partial charge in [0.2, 0.25) is 5.91 Å². The molecule has 1 atom stereocenters. The molecule has 0 bridgehead atoms. The van der Waals surface area contributed by atoms with Crippen LogP contribution in [0.4, 0.5) is 0 Å². The number of benzene rings is 2. The minimum absolute atomic E-state index is 0.00296. The van der Waals surface area contributed by atoms with Gasteiger partial charge in [0.15, 0.2) is 0 Å². The molecule has 0 aliphatic heterocycles. The van der Waals surface area contributed by atoms with Crippen LogP contribution in [0.15, 0.2) is 48.5 Å². The van der Waals surface area contributed by atoms with Gasteiger partial charge in [0, 0.05) is 12.7 Å². The molecule has 2 aromatic carbocycles. The summed E-state index contributed by atoms with van der Waals surface area (Å²) in [6.07, 6.45) is 0. The molecule has 0 aliphatic rings. The molecule has 0 fully saturated rings. The van der Waals surface area contributed by atoms with Gasteiger partial charge in [-0.1, -0.05) is 24.3 Å². The molecule has 0 heterocycles. The second-order valence-electron chi connectivity index (χ2n) is 5.54. The maximum Gasteiger partial charge on any atom is 0.347 e. The van der Waals surface area contributed by atoms with E-state index in [0.29, 0.717) is 0 Å². The van der Waals surface area contributed by atoms with Gasteiger partial charge in [-0.2, -0.15) is 12.6 Å². The molecule has 0 saturated carbocycles. The van der Waals surface area contributed by atoms with Crippen molar-refractivity contribution in [2.45, 2.75) is 13.0 Å². The first-order chi connectivity index (χ1) is 13.3. The van der Waals surface area contributed by atoms with E-state index < -0.39 is 29.9 Å². The fraction of sp³-hybridized carbons (Fsp3) is 0.158. The van der Waals surface area contributed by atoms with E-state index in [2.05, 4.69) is 17.9 Å². The van der Waals surface area contributed by atoms with Crippen LogP contribution in [0, 0.1) is 0 Å².